The third kappa shape index (κ3) is 6.08. The van der Waals surface area contributed by atoms with Crippen LogP contribution in [0.2, 0.25) is 0 Å². The van der Waals surface area contributed by atoms with Gasteiger partial charge in [0.2, 0.25) is 5.91 Å². The minimum atomic E-state index is -3.93. The van der Waals surface area contributed by atoms with Gasteiger partial charge in [-0.15, -0.1) is 0 Å². The van der Waals surface area contributed by atoms with Gasteiger partial charge in [0.25, 0.3) is 10.0 Å². The number of rotatable bonds is 9. The number of anilines is 2. The van der Waals surface area contributed by atoms with E-state index in [9.17, 15) is 13.2 Å². The highest BCUT2D eigenvalue weighted by atomic mass is 127. The SMILES string of the molecule is C=CCOc1ccc(NC(=O)CN(c2ccc(I)cc2)S(=O)(=O)c2ccccc2)cc1. The van der Waals surface area contributed by atoms with E-state index < -0.39 is 15.9 Å². The van der Waals surface area contributed by atoms with E-state index >= 15 is 0 Å². The first-order valence-electron chi connectivity index (χ1n) is 9.37. The summed E-state index contributed by atoms with van der Waals surface area (Å²) in [4.78, 5) is 12.9. The molecule has 0 heterocycles. The van der Waals surface area contributed by atoms with Crippen LogP contribution in [0, 0.1) is 3.57 Å². The van der Waals surface area contributed by atoms with Gasteiger partial charge in [0.15, 0.2) is 0 Å². The highest BCUT2D eigenvalue weighted by Gasteiger charge is 2.27. The Morgan fingerprint density at radius 3 is 2.26 bits per heavy atom. The molecule has 0 bridgehead atoms. The number of ether oxygens (including phenoxy) is 1. The fourth-order valence-corrected chi connectivity index (χ4v) is 4.56. The lowest BCUT2D eigenvalue weighted by molar-refractivity contribution is -0.114. The van der Waals surface area contributed by atoms with Crippen LogP contribution in [0.25, 0.3) is 0 Å². The molecule has 0 atom stereocenters. The molecule has 0 saturated carbocycles. The largest absolute Gasteiger partial charge is 0.490 e. The molecule has 160 valence electrons. The van der Waals surface area contributed by atoms with Crippen molar-refractivity contribution >= 4 is 49.9 Å². The molecule has 1 amide bonds. The average molecular weight is 548 g/mol. The van der Waals surface area contributed by atoms with Crippen LogP contribution in [-0.2, 0) is 14.8 Å². The van der Waals surface area contributed by atoms with Crippen LogP contribution in [0.4, 0.5) is 11.4 Å². The second kappa shape index (κ2) is 10.5. The summed E-state index contributed by atoms with van der Waals surface area (Å²) >= 11 is 2.14. The zero-order chi connectivity index (χ0) is 22.3. The molecule has 3 aromatic rings. The van der Waals surface area contributed by atoms with E-state index in [1.54, 1.807) is 72.8 Å². The molecule has 0 aliphatic heterocycles. The van der Waals surface area contributed by atoms with E-state index in [1.807, 2.05) is 0 Å². The van der Waals surface area contributed by atoms with Crippen LogP contribution in [0.1, 0.15) is 0 Å². The van der Waals surface area contributed by atoms with Crippen molar-refractivity contribution in [1.82, 2.24) is 0 Å². The highest BCUT2D eigenvalue weighted by Crippen LogP contribution is 2.25. The smallest absolute Gasteiger partial charge is 0.264 e. The first-order valence-corrected chi connectivity index (χ1v) is 11.9. The molecule has 6 nitrogen and oxygen atoms in total. The topological polar surface area (TPSA) is 75.7 Å². The number of amides is 1. The van der Waals surface area contributed by atoms with Crippen molar-refractivity contribution in [2.24, 2.45) is 0 Å². The Kier molecular flexibility index (Phi) is 7.69. The highest BCUT2D eigenvalue weighted by molar-refractivity contribution is 14.1. The molecule has 3 aromatic carbocycles. The minimum absolute atomic E-state index is 0.116. The van der Waals surface area contributed by atoms with Crippen molar-refractivity contribution < 1.29 is 17.9 Å². The normalized spacial score (nSPS) is 10.9. The molecule has 0 aliphatic rings. The number of carbonyl (C=O) groups excluding carboxylic acids is 1. The molecule has 0 saturated heterocycles. The van der Waals surface area contributed by atoms with Gasteiger partial charge >= 0.3 is 0 Å². The van der Waals surface area contributed by atoms with Crippen LogP contribution in [0.3, 0.4) is 0 Å². The van der Waals surface area contributed by atoms with Gasteiger partial charge in [-0.1, -0.05) is 30.9 Å². The Morgan fingerprint density at radius 1 is 1.00 bits per heavy atom. The molecule has 31 heavy (non-hydrogen) atoms. The van der Waals surface area contributed by atoms with E-state index in [0.29, 0.717) is 23.7 Å². The third-order valence-electron chi connectivity index (χ3n) is 4.24. The van der Waals surface area contributed by atoms with Crippen molar-refractivity contribution in [3.8, 4) is 5.75 Å². The number of benzene rings is 3. The minimum Gasteiger partial charge on any atom is -0.490 e. The van der Waals surface area contributed by atoms with Crippen molar-refractivity contribution in [3.05, 3.63) is 95.1 Å². The van der Waals surface area contributed by atoms with Gasteiger partial charge in [0.05, 0.1) is 10.6 Å². The predicted molar refractivity (Wildman–Crippen MR) is 131 cm³/mol. The van der Waals surface area contributed by atoms with Crippen molar-refractivity contribution in [1.29, 1.82) is 0 Å². The van der Waals surface area contributed by atoms with Gasteiger partial charge in [0, 0.05) is 9.26 Å². The van der Waals surface area contributed by atoms with Crippen molar-refractivity contribution in [2.45, 2.75) is 4.90 Å². The number of halogens is 1. The summed E-state index contributed by atoms with van der Waals surface area (Å²) in [5.74, 6) is 0.183. The molecule has 0 fully saturated rings. The Morgan fingerprint density at radius 2 is 1.65 bits per heavy atom. The van der Waals surface area contributed by atoms with Gasteiger partial charge in [0.1, 0.15) is 18.9 Å². The molecule has 0 aromatic heterocycles. The zero-order valence-corrected chi connectivity index (χ0v) is 19.5. The molecule has 8 heteroatoms. The van der Waals surface area contributed by atoms with E-state index in [4.69, 9.17) is 4.74 Å². The average Bonchev–Trinajstić information content (AvgIpc) is 2.78. The van der Waals surface area contributed by atoms with E-state index in [-0.39, 0.29) is 11.4 Å². The summed E-state index contributed by atoms with van der Waals surface area (Å²) in [5.41, 5.74) is 0.947. The summed E-state index contributed by atoms with van der Waals surface area (Å²) < 4.78 is 34.0. The second-order valence-electron chi connectivity index (χ2n) is 6.47. The summed E-state index contributed by atoms with van der Waals surface area (Å²) in [6, 6.07) is 21.8. The van der Waals surface area contributed by atoms with Gasteiger partial charge < -0.3 is 10.1 Å². The molecular formula is C23H21IN2O4S. The zero-order valence-electron chi connectivity index (χ0n) is 16.6. The van der Waals surface area contributed by atoms with E-state index in [0.717, 1.165) is 7.88 Å². The summed E-state index contributed by atoms with van der Waals surface area (Å²) in [6.07, 6.45) is 1.64. The summed E-state index contributed by atoms with van der Waals surface area (Å²) in [5, 5.41) is 2.74. The molecule has 3 rings (SSSR count). The van der Waals surface area contributed by atoms with Crippen molar-refractivity contribution in [3.63, 3.8) is 0 Å². The lowest BCUT2D eigenvalue weighted by Crippen LogP contribution is -2.38. The van der Waals surface area contributed by atoms with Gasteiger partial charge in [-0.2, -0.15) is 0 Å². The lowest BCUT2D eigenvalue weighted by atomic mass is 10.3. The maximum absolute atomic E-state index is 13.3. The van der Waals surface area contributed by atoms with Crippen LogP contribution in [0.15, 0.2) is 96.4 Å². The summed E-state index contributed by atoms with van der Waals surface area (Å²) in [6.45, 7) is 3.61. The number of nitrogens with one attached hydrogen (secondary N) is 1. The van der Waals surface area contributed by atoms with Gasteiger partial charge in [-0.05, 0) is 83.3 Å². The second-order valence-corrected chi connectivity index (χ2v) is 9.58. The summed E-state index contributed by atoms with van der Waals surface area (Å²) in [7, 11) is -3.93. The number of sulfonamides is 1. The first kappa shape index (κ1) is 22.8. The first-order chi connectivity index (χ1) is 14.9. The molecule has 0 spiro atoms. The Labute approximate surface area is 195 Å². The molecular weight excluding hydrogens is 527 g/mol. The van der Waals surface area contributed by atoms with Crippen LogP contribution in [-0.4, -0.2) is 27.5 Å². The van der Waals surface area contributed by atoms with E-state index in [1.165, 1.54) is 12.1 Å². The van der Waals surface area contributed by atoms with Crippen LogP contribution >= 0.6 is 22.6 Å². The lowest BCUT2D eigenvalue weighted by Gasteiger charge is -2.24. The molecule has 0 aliphatic carbocycles. The fourth-order valence-electron chi connectivity index (χ4n) is 2.76. The quantitative estimate of drug-likeness (QED) is 0.311. The van der Waals surface area contributed by atoms with Gasteiger partial charge in [-0.25, -0.2) is 8.42 Å². The monoisotopic (exact) mass is 548 g/mol. The fraction of sp³-hybridized carbons (Fsp3) is 0.0870. The van der Waals surface area contributed by atoms with Crippen LogP contribution < -0.4 is 14.4 Å². The van der Waals surface area contributed by atoms with Crippen LogP contribution in [0.5, 0.6) is 5.75 Å². The maximum atomic E-state index is 13.3. The predicted octanol–water partition coefficient (Wildman–Crippen LogP) is 4.69. The van der Waals surface area contributed by atoms with E-state index in [2.05, 4.69) is 34.5 Å². The standard InChI is InChI=1S/C23H21IN2O4S/c1-2-16-30-21-14-10-19(11-15-21)25-23(27)17-26(20-12-8-18(24)9-13-20)31(28,29)22-6-4-3-5-7-22/h2-15H,1,16-17H2,(H,25,27). The number of hydrogen-bond donors (Lipinski definition) is 1. The molecule has 0 radical (unpaired) electrons. The Balaban J connectivity index is 1.82. The van der Waals surface area contributed by atoms with Crippen molar-refractivity contribution in [2.75, 3.05) is 22.8 Å². The molecule has 0 unspecified atom stereocenters. The Bertz CT molecular complexity index is 1130. The molecule has 1 N–H and O–H groups in total. The van der Waals surface area contributed by atoms with Gasteiger partial charge in [-0.3, -0.25) is 9.10 Å². The Hall–Kier alpha value is -2.85. The maximum Gasteiger partial charge on any atom is 0.264 e. The number of nitrogens with zero attached hydrogens (tertiary/aromatic N) is 1. The number of hydrogen-bond acceptors (Lipinski definition) is 4. The number of carbonyl (C=O) groups is 1. The third-order valence-corrected chi connectivity index (χ3v) is 6.75.